The van der Waals surface area contributed by atoms with E-state index in [9.17, 15) is 86.8 Å². The summed E-state index contributed by atoms with van der Waals surface area (Å²) in [5.74, 6) is -1.22. The Morgan fingerprint density at radius 1 is 0.441 bits per heavy atom. The van der Waals surface area contributed by atoms with E-state index in [1.807, 2.05) is 0 Å². The molecular formula is C39H72O29. The van der Waals surface area contributed by atoms with Gasteiger partial charge >= 0.3 is 0 Å². The van der Waals surface area contributed by atoms with Gasteiger partial charge in [-0.15, -0.1) is 0 Å². The fraction of sp³-hybridized carbons (Fsp3) is 1.00. The van der Waals surface area contributed by atoms with Gasteiger partial charge in [-0.05, 0) is 20.8 Å². The zero-order valence-electron chi connectivity index (χ0n) is 37.7. The molecule has 0 aliphatic carbocycles. The van der Waals surface area contributed by atoms with Crippen LogP contribution in [0, 0.1) is 5.92 Å². The summed E-state index contributed by atoms with van der Waals surface area (Å²) in [5.41, 5.74) is 0. The molecule has 68 heavy (non-hydrogen) atoms. The van der Waals surface area contributed by atoms with Crippen LogP contribution in [0.1, 0.15) is 27.7 Å². The van der Waals surface area contributed by atoms with Crippen LogP contribution in [0.15, 0.2) is 0 Å². The molecule has 0 radical (unpaired) electrons. The monoisotopic (exact) mass is 1000 g/mol. The normalized spacial score (nSPS) is 43.0. The van der Waals surface area contributed by atoms with E-state index in [4.69, 9.17) is 57.2 Å². The second kappa shape index (κ2) is 27.2. The summed E-state index contributed by atoms with van der Waals surface area (Å²) in [6, 6.07) is 0. The molecule has 4 fully saturated rings. The Bertz CT molecular complexity index is 1430. The lowest BCUT2D eigenvalue weighted by atomic mass is 9.91. The largest absolute Gasteiger partial charge is 0.394 e. The van der Waals surface area contributed by atoms with Crippen LogP contribution in [0.3, 0.4) is 0 Å². The van der Waals surface area contributed by atoms with Gasteiger partial charge in [-0.2, -0.15) is 0 Å². The van der Waals surface area contributed by atoms with Crippen LogP contribution in [0.2, 0.25) is 0 Å². The maximum absolute atomic E-state index is 11.6. The molecule has 0 saturated carbocycles. The van der Waals surface area contributed by atoms with Crippen LogP contribution >= 0.6 is 0 Å². The van der Waals surface area contributed by atoms with Crippen molar-refractivity contribution in [1.29, 1.82) is 0 Å². The van der Waals surface area contributed by atoms with E-state index >= 15 is 0 Å². The van der Waals surface area contributed by atoms with E-state index in [1.165, 1.54) is 27.7 Å². The van der Waals surface area contributed by atoms with E-state index in [1.54, 1.807) is 0 Å². The van der Waals surface area contributed by atoms with Gasteiger partial charge in [-0.25, -0.2) is 0 Å². The van der Waals surface area contributed by atoms with Crippen molar-refractivity contribution in [2.24, 2.45) is 5.92 Å². The molecule has 4 saturated heterocycles. The van der Waals surface area contributed by atoms with Gasteiger partial charge in [0.1, 0.15) is 110 Å². The Balaban J connectivity index is 1.54. The molecule has 0 spiro atoms. The quantitative estimate of drug-likeness (QED) is 0.0378. The SMILES string of the molecule is CC1O[C@@H](O[C@H]2C(O)[C@@H](O)C(CO)O[C@H]2OC2[C@@H](O)C(CO)O[C@@H](O[C@@H]3C(O)[C@@H](O[C@H](CO)C(CO)O[C@@H](O[C@@H](C)C(CO)O[C@@H](O)[C@@H](O)CO)[C@H](C)O)OC(CO)[C@@H]3O)[C@H]2C)[C@@H](O)C(O)[C@@H]1O. The first kappa shape index (κ1) is 59.4. The van der Waals surface area contributed by atoms with E-state index < -0.39 is 218 Å². The summed E-state index contributed by atoms with van der Waals surface area (Å²) in [6.45, 7) is -1.05. The molecule has 0 aromatic rings. The molecule has 0 amide bonds. The molecule has 10 unspecified atom stereocenters. The predicted octanol–water partition coefficient (Wildman–Crippen LogP) is -10.5. The molecule has 4 heterocycles. The maximum atomic E-state index is 11.6. The Hall–Kier alpha value is -1.16. The zero-order valence-corrected chi connectivity index (χ0v) is 37.7. The summed E-state index contributed by atoms with van der Waals surface area (Å²) >= 11 is 0. The lowest BCUT2D eigenvalue weighted by molar-refractivity contribution is -0.392. The van der Waals surface area contributed by atoms with Crippen LogP contribution < -0.4 is 0 Å². The first-order valence-electron chi connectivity index (χ1n) is 22.1. The van der Waals surface area contributed by atoms with Crippen molar-refractivity contribution in [1.82, 2.24) is 0 Å². The highest BCUT2D eigenvalue weighted by Gasteiger charge is 2.55. The highest BCUT2D eigenvalue weighted by Crippen LogP contribution is 2.37. The first-order chi connectivity index (χ1) is 32.1. The van der Waals surface area contributed by atoms with Gasteiger partial charge in [0, 0.05) is 5.92 Å². The average Bonchev–Trinajstić information content (AvgIpc) is 3.32. The molecule has 0 aromatic heterocycles. The van der Waals surface area contributed by atoms with E-state index in [-0.39, 0.29) is 0 Å². The van der Waals surface area contributed by atoms with Gasteiger partial charge in [0.2, 0.25) is 0 Å². The second-order valence-corrected chi connectivity index (χ2v) is 17.1. The minimum atomic E-state index is -2.05. The minimum absolute atomic E-state index is 0.794. The number of aliphatic hydroxyl groups excluding tert-OH is 18. The predicted molar refractivity (Wildman–Crippen MR) is 214 cm³/mol. The second-order valence-electron chi connectivity index (χ2n) is 17.1. The summed E-state index contributed by atoms with van der Waals surface area (Å²) in [7, 11) is 0. The molecular weight excluding hydrogens is 932 g/mol. The minimum Gasteiger partial charge on any atom is -0.394 e. The van der Waals surface area contributed by atoms with Crippen LogP contribution in [0.4, 0.5) is 0 Å². The molecule has 4 aliphatic heterocycles. The molecule has 29 heteroatoms. The summed E-state index contributed by atoms with van der Waals surface area (Å²) < 4.78 is 62.9. The topological polar surface area (TPSA) is 466 Å². The van der Waals surface area contributed by atoms with E-state index in [0.717, 1.165) is 0 Å². The highest BCUT2D eigenvalue weighted by molar-refractivity contribution is 4.97. The van der Waals surface area contributed by atoms with Crippen molar-refractivity contribution in [3.05, 3.63) is 0 Å². The van der Waals surface area contributed by atoms with Crippen LogP contribution in [-0.4, -0.2) is 304 Å². The van der Waals surface area contributed by atoms with Gasteiger partial charge in [-0.1, -0.05) is 6.92 Å². The van der Waals surface area contributed by atoms with Crippen molar-refractivity contribution in [3.63, 3.8) is 0 Å². The van der Waals surface area contributed by atoms with Gasteiger partial charge in [-0.3, -0.25) is 0 Å². The van der Waals surface area contributed by atoms with Gasteiger partial charge in [0.15, 0.2) is 37.7 Å². The fourth-order valence-electron chi connectivity index (χ4n) is 7.85. The third-order valence-corrected chi connectivity index (χ3v) is 12.2. The Morgan fingerprint density at radius 3 is 1.50 bits per heavy atom. The summed E-state index contributed by atoms with van der Waals surface area (Å²) in [6.07, 6.45) is -45.6. The molecule has 402 valence electrons. The molecule has 4 rings (SSSR count). The van der Waals surface area contributed by atoms with Crippen LogP contribution in [-0.2, 0) is 52.1 Å². The Labute approximate surface area is 389 Å². The number of rotatable bonds is 25. The van der Waals surface area contributed by atoms with Crippen LogP contribution in [0.25, 0.3) is 0 Å². The molecule has 0 bridgehead atoms. The standard InChI is InChI=1S/C39H72O29/c1-12-31(66-39-33(28(54)24(50)20(9-44)65-39)68-37-29(55)27(53)23(49)15(4)59-37)25(51)21(10-45)63-35(12)67-32-26(52)22(11-46)64-38(30(32)56)62-19(8-43)18(7-42)61-36(13(2)47)58-14(3)17(6-41)60-34(57)16(48)5-40/h12-57H,5-11H2,1-4H3/t12-,13-,14-,15?,16-,17?,18?,19+,20?,21?,22?,23+,24-,25-,26-,27?,28?,29-,30?,31?,32-,33-,34+,35-,36+,37-,38-,39-/m0/s1. The van der Waals surface area contributed by atoms with Crippen molar-refractivity contribution >= 4 is 0 Å². The average molecular weight is 1000 g/mol. The molecule has 18 N–H and O–H groups in total. The maximum Gasteiger partial charge on any atom is 0.187 e. The Morgan fingerprint density at radius 2 is 0.956 bits per heavy atom. The third-order valence-electron chi connectivity index (χ3n) is 12.2. The molecule has 0 aromatic carbocycles. The molecule has 28 atom stereocenters. The van der Waals surface area contributed by atoms with Gasteiger partial charge < -0.3 is 144 Å². The highest BCUT2D eigenvalue weighted by atomic mass is 16.8. The van der Waals surface area contributed by atoms with Gasteiger partial charge in [0.05, 0.1) is 64.6 Å². The lowest BCUT2D eigenvalue weighted by Crippen LogP contribution is -2.66. The number of hydrogen-bond acceptors (Lipinski definition) is 29. The van der Waals surface area contributed by atoms with Crippen molar-refractivity contribution in [2.45, 2.75) is 194 Å². The number of hydrogen-bond donors (Lipinski definition) is 18. The van der Waals surface area contributed by atoms with E-state index in [2.05, 4.69) is 0 Å². The molecule has 4 aliphatic rings. The molecule has 29 nitrogen and oxygen atoms in total. The summed E-state index contributed by atoms with van der Waals surface area (Å²) in [4.78, 5) is 0. The van der Waals surface area contributed by atoms with E-state index in [0.29, 0.717) is 0 Å². The fourth-order valence-corrected chi connectivity index (χ4v) is 7.85. The number of ether oxygens (including phenoxy) is 11. The lowest BCUT2D eigenvalue weighted by Gasteiger charge is -2.50. The van der Waals surface area contributed by atoms with Crippen molar-refractivity contribution in [3.8, 4) is 0 Å². The number of aliphatic hydroxyl groups is 18. The Kier molecular flexibility index (Phi) is 23.8. The smallest absolute Gasteiger partial charge is 0.187 e. The third kappa shape index (κ3) is 14.1. The zero-order chi connectivity index (χ0) is 50.9. The van der Waals surface area contributed by atoms with Crippen LogP contribution in [0.5, 0.6) is 0 Å². The van der Waals surface area contributed by atoms with Crippen molar-refractivity contribution < 1.29 is 144 Å². The van der Waals surface area contributed by atoms with Gasteiger partial charge in [0.25, 0.3) is 0 Å². The first-order valence-corrected chi connectivity index (χ1v) is 22.1. The summed E-state index contributed by atoms with van der Waals surface area (Å²) in [5, 5.41) is 187. The van der Waals surface area contributed by atoms with Crippen molar-refractivity contribution in [2.75, 3.05) is 46.2 Å².